The van der Waals surface area contributed by atoms with Crippen LogP contribution < -0.4 is 16.6 Å². The molecule has 0 fully saturated rings. The summed E-state index contributed by atoms with van der Waals surface area (Å²) in [6.45, 7) is 0. The Hall–Kier alpha value is -3.13. The van der Waals surface area contributed by atoms with E-state index in [1.54, 1.807) is 24.3 Å². The Bertz CT molecular complexity index is 793. The van der Waals surface area contributed by atoms with E-state index in [0.717, 1.165) is 6.07 Å². The van der Waals surface area contributed by atoms with Gasteiger partial charge in [-0.05, 0) is 29.8 Å². The molecule has 2 amide bonds. The molecule has 124 valence electrons. The lowest BCUT2D eigenvalue weighted by Crippen LogP contribution is -2.42. The van der Waals surface area contributed by atoms with Crippen LogP contribution in [0.4, 0.5) is 11.4 Å². The Morgan fingerprint density at radius 3 is 2.42 bits per heavy atom. The molecule has 2 aromatic carbocycles. The Labute approximate surface area is 141 Å². The van der Waals surface area contributed by atoms with Crippen molar-refractivity contribution in [2.75, 3.05) is 5.73 Å². The van der Waals surface area contributed by atoms with Crippen LogP contribution in [-0.4, -0.2) is 16.7 Å². The number of amides is 2. The number of hydrogen-bond acceptors (Lipinski definition) is 5. The van der Waals surface area contributed by atoms with Crippen molar-refractivity contribution in [3.63, 3.8) is 0 Å². The molecular weight excluding hydrogens is 336 g/mol. The molecule has 9 heteroatoms. The maximum absolute atomic E-state index is 11.9. The van der Waals surface area contributed by atoms with Crippen molar-refractivity contribution in [2.24, 2.45) is 0 Å². The molecule has 0 saturated carbocycles. The lowest BCUT2D eigenvalue weighted by Gasteiger charge is -2.08. The standard InChI is InChI=1S/C15H13ClN4O4/c16-11-4-1-9(2-5-11)7-14(21)18-19-15(22)10-3-6-12(17)13(8-10)20(23)24/h1-6,8H,7,17H2,(H,18,21)(H,19,22). The van der Waals surface area contributed by atoms with Crippen LogP contribution in [0.1, 0.15) is 15.9 Å². The maximum Gasteiger partial charge on any atom is 0.292 e. The molecule has 0 spiro atoms. The number of rotatable bonds is 4. The predicted octanol–water partition coefficient (Wildman–Crippen LogP) is 1.83. The van der Waals surface area contributed by atoms with E-state index < -0.39 is 16.7 Å². The van der Waals surface area contributed by atoms with Gasteiger partial charge in [-0.15, -0.1) is 0 Å². The monoisotopic (exact) mass is 348 g/mol. The summed E-state index contributed by atoms with van der Waals surface area (Å²) in [5.74, 6) is -1.14. The van der Waals surface area contributed by atoms with E-state index in [4.69, 9.17) is 17.3 Å². The first kappa shape index (κ1) is 17.2. The molecule has 2 rings (SSSR count). The fourth-order valence-electron chi connectivity index (χ4n) is 1.87. The Morgan fingerprint density at radius 2 is 1.79 bits per heavy atom. The summed E-state index contributed by atoms with van der Waals surface area (Å²) in [5, 5.41) is 11.4. The topological polar surface area (TPSA) is 127 Å². The van der Waals surface area contributed by atoms with Crippen molar-refractivity contribution in [2.45, 2.75) is 6.42 Å². The summed E-state index contributed by atoms with van der Waals surface area (Å²) in [4.78, 5) is 33.8. The number of anilines is 1. The number of nitrogens with two attached hydrogens (primary N) is 1. The first-order chi connectivity index (χ1) is 11.4. The van der Waals surface area contributed by atoms with Gasteiger partial charge in [0.25, 0.3) is 11.6 Å². The van der Waals surface area contributed by atoms with Crippen LogP contribution in [0.5, 0.6) is 0 Å². The number of carbonyl (C=O) groups is 2. The van der Waals surface area contributed by atoms with E-state index in [2.05, 4.69) is 10.9 Å². The molecule has 0 radical (unpaired) electrons. The van der Waals surface area contributed by atoms with Gasteiger partial charge in [0, 0.05) is 16.7 Å². The molecule has 0 aromatic heterocycles. The molecule has 0 bridgehead atoms. The molecule has 0 atom stereocenters. The zero-order valence-electron chi connectivity index (χ0n) is 12.3. The summed E-state index contributed by atoms with van der Waals surface area (Å²) in [6, 6.07) is 10.3. The van der Waals surface area contributed by atoms with Crippen LogP contribution in [0, 0.1) is 10.1 Å². The third-order valence-electron chi connectivity index (χ3n) is 3.08. The Balaban J connectivity index is 1.95. The third kappa shape index (κ3) is 4.43. The molecule has 0 unspecified atom stereocenters. The van der Waals surface area contributed by atoms with Gasteiger partial charge in [-0.1, -0.05) is 23.7 Å². The second kappa shape index (κ2) is 7.42. The van der Waals surface area contributed by atoms with Crippen molar-refractivity contribution in [1.29, 1.82) is 0 Å². The second-order valence-electron chi connectivity index (χ2n) is 4.84. The van der Waals surface area contributed by atoms with Gasteiger partial charge in [0.1, 0.15) is 5.69 Å². The highest BCUT2D eigenvalue weighted by atomic mass is 35.5. The summed E-state index contributed by atoms with van der Waals surface area (Å²) < 4.78 is 0. The highest BCUT2D eigenvalue weighted by molar-refractivity contribution is 6.30. The van der Waals surface area contributed by atoms with Crippen molar-refractivity contribution in [3.8, 4) is 0 Å². The van der Waals surface area contributed by atoms with Crippen molar-refractivity contribution >= 4 is 34.8 Å². The number of benzene rings is 2. The quantitative estimate of drug-likeness (QED) is 0.441. The van der Waals surface area contributed by atoms with E-state index >= 15 is 0 Å². The number of nitrogens with one attached hydrogen (secondary N) is 2. The smallest absolute Gasteiger partial charge is 0.292 e. The third-order valence-corrected chi connectivity index (χ3v) is 3.33. The first-order valence-corrected chi connectivity index (χ1v) is 7.12. The molecule has 0 aliphatic heterocycles. The fraction of sp³-hybridized carbons (Fsp3) is 0.0667. The minimum Gasteiger partial charge on any atom is -0.393 e. The molecule has 0 saturated heterocycles. The largest absolute Gasteiger partial charge is 0.393 e. The van der Waals surface area contributed by atoms with Gasteiger partial charge in [-0.3, -0.25) is 30.6 Å². The first-order valence-electron chi connectivity index (χ1n) is 6.74. The number of nitrogen functional groups attached to an aromatic ring is 1. The summed E-state index contributed by atoms with van der Waals surface area (Å²) in [7, 11) is 0. The van der Waals surface area contributed by atoms with Crippen LogP contribution in [0.25, 0.3) is 0 Å². The van der Waals surface area contributed by atoms with E-state index in [1.807, 2.05) is 0 Å². The van der Waals surface area contributed by atoms with Gasteiger partial charge < -0.3 is 5.73 Å². The Morgan fingerprint density at radius 1 is 1.12 bits per heavy atom. The maximum atomic E-state index is 11.9. The van der Waals surface area contributed by atoms with E-state index in [-0.39, 0.29) is 23.4 Å². The van der Waals surface area contributed by atoms with Crippen molar-refractivity contribution < 1.29 is 14.5 Å². The number of hydrogen-bond donors (Lipinski definition) is 3. The molecular formula is C15H13ClN4O4. The fourth-order valence-corrected chi connectivity index (χ4v) is 2.00. The summed E-state index contributed by atoms with van der Waals surface area (Å²) >= 11 is 5.75. The average molecular weight is 349 g/mol. The number of nitro benzene ring substituents is 1. The number of carbonyl (C=O) groups excluding carboxylic acids is 2. The summed E-state index contributed by atoms with van der Waals surface area (Å²) in [6.07, 6.45) is 0.0410. The van der Waals surface area contributed by atoms with Crippen LogP contribution in [0.15, 0.2) is 42.5 Å². The van der Waals surface area contributed by atoms with Gasteiger partial charge in [0.2, 0.25) is 5.91 Å². The zero-order chi connectivity index (χ0) is 17.7. The second-order valence-corrected chi connectivity index (χ2v) is 5.27. The lowest BCUT2D eigenvalue weighted by molar-refractivity contribution is -0.383. The molecule has 4 N–H and O–H groups in total. The summed E-state index contributed by atoms with van der Waals surface area (Å²) in [5.41, 5.74) is 10.2. The molecule has 0 heterocycles. The highest BCUT2D eigenvalue weighted by Crippen LogP contribution is 2.22. The van der Waals surface area contributed by atoms with Crippen LogP contribution in [-0.2, 0) is 11.2 Å². The zero-order valence-corrected chi connectivity index (χ0v) is 13.0. The van der Waals surface area contributed by atoms with Crippen LogP contribution in [0.3, 0.4) is 0 Å². The number of nitro groups is 1. The van der Waals surface area contributed by atoms with Crippen molar-refractivity contribution in [1.82, 2.24) is 10.9 Å². The molecule has 0 aliphatic carbocycles. The van der Waals surface area contributed by atoms with E-state index in [1.165, 1.54) is 12.1 Å². The SMILES string of the molecule is Nc1ccc(C(=O)NNC(=O)Cc2ccc(Cl)cc2)cc1[N+](=O)[O-]. The Kier molecular flexibility index (Phi) is 5.33. The van der Waals surface area contributed by atoms with E-state index in [9.17, 15) is 19.7 Å². The predicted molar refractivity (Wildman–Crippen MR) is 88.3 cm³/mol. The van der Waals surface area contributed by atoms with Gasteiger partial charge >= 0.3 is 0 Å². The number of nitrogens with zero attached hydrogens (tertiary/aromatic N) is 1. The molecule has 8 nitrogen and oxygen atoms in total. The number of halogens is 1. The minimum absolute atomic E-state index is 0.00249. The van der Waals surface area contributed by atoms with Gasteiger partial charge in [0.15, 0.2) is 0 Å². The average Bonchev–Trinajstić information content (AvgIpc) is 2.55. The van der Waals surface area contributed by atoms with Gasteiger partial charge in [-0.25, -0.2) is 0 Å². The lowest BCUT2D eigenvalue weighted by atomic mass is 10.1. The van der Waals surface area contributed by atoms with Gasteiger partial charge in [-0.2, -0.15) is 0 Å². The van der Waals surface area contributed by atoms with Crippen LogP contribution >= 0.6 is 11.6 Å². The molecule has 2 aromatic rings. The van der Waals surface area contributed by atoms with E-state index in [0.29, 0.717) is 10.6 Å². The van der Waals surface area contributed by atoms with Crippen LogP contribution in [0.2, 0.25) is 5.02 Å². The van der Waals surface area contributed by atoms with Crippen molar-refractivity contribution in [3.05, 3.63) is 68.7 Å². The normalized spacial score (nSPS) is 10.0. The highest BCUT2D eigenvalue weighted by Gasteiger charge is 2.16. The molecule has 24 heavy (non-hydrogen) atoms. The minimum atomic E-state index is -0.692. The van der Waals surface area contributed by atoms with Gasteiger partial charge in [0.05, 0.1) is 11.3 Å². The number of hydrazine groups is 1. The molecule has 0 aliphatic rings.